The molecule has 0 unspecified atom stereocenters. The molecule has 0 aliphatic heterocycles. The maximum Gasteiger partial charge on any atom is 0.343 e. The van der Waals surface area contributed by atoms with Crippen molar-refractivity contribution in [1.82, 2.24) is 5.32 Å². The fourth-order valence-corrected chi connectivity index (χ4v) is 3.27. The van der Waals surface area contributed by atoms with Crippen molar-refractivity contribution in [2.45, 2.75) is 6.54 Å². The first kappa shape index (κ1) is 24.0. The van der Waals surface area contributed by atoms with Crippen molar-refractivity contribution in [3.8, 4) is 23.3 Å². The zero-order valence-electron chi connectivity index (χ0n) is 17.2. The molecule has 2 rings (SSSR count). The quantitative estimate of drug-likeness (QED) is 0.227. The lowest BCUT2D eigenvalue weighted by Crippen LogP contribution is -2.23. The van der Waals surface area contributed by atoms with Crippen LogP contribution in [0.1, 0.15) is 11.1 Å². The molecule has 9 heteroatoms. The summed E-state index contributed by atoms with van der Waals surface area (Å²) < 4.78 is 21.1. The van der Waals surface area contributed by atoms with E-state index in [1.807, 2.05) is 40.8 Å². The number of amides is 1. The number of hydrogen-bond donors (Lipinski definition) is 1. The molecule has 2 aromatic carbocycles. The highest BCUT2D eigenvalue weighted by molar-refractivity contribution is 14.1. The van der Waals surface area contributed by atoms with Gasteiger partial charge in [0, 0.05) is 6.54 Å². The molecule has 2 aromatic rings. The van der Waals surface area contributed by atoms with Crippen molar-refractivity contribution in [2.75, 3.05) is 27.9 Å². The number of ether oxygens (including phenoxy) is 4. The SMILES string of the molecule is COC(=O)COc1c(I)cc(/C=C(/C#N)C(=O)NCc2ccc(OC)cc2)cc1OC. The van der Waals surface area contributed by atoms with E-state index >= 15 is 0 Å². The van der Waals surface area contributed by atoms with E-state index in [9.17, 15) is 14.9 Å². The van der Waals surface area contributed by atoms with Crippen LogP contribution in [0.2, 0.25) is 0 Å². The first-order valence-corrected chi connectivity index (χ1v) is 10.1. The van der Waals surface area contributed by atoms with E-state index in [1.165, 1.54) is 20.3 Å². The third-order valence-corrected chi connectivity index (χ3v) is 4.90. The number of esters is 1. The smallest absolute Gasteiger partial charge is 0.343 e. The second-order valence-corrected chi connectivity index (χ2v) is 7.26. The zero-order chi connectivity index (χ0) is 22.8. The molecule has 0 radical (unpaired) electrons. The minimum atomic E-state index is -0.526. The fraction of sp³-hybridized carbons (Fsp3) is 0.227. The molecule has 0 saturated heterocycles. The third kappa shape index (κ3) is 6.89. The van der Waals surface area contributed by atoms with E-state index < -0.39 is 11.9 Å². The van der Waals surface area contributed by atoms with Gasteiger partial charge in [0.15, 0.2) is 18.1 Å². The van der Waals surface area contributed by atoms with Crippen molar-refractivity contribution < 1.29 is 28.5 Å². The molecule has 0 aliphatic carbocycles. The summed E-state index contributed by atoms with van der Waals surface area (Å²) in [5.41, 5.74) is 1.38. The normalized spacial score (nSPS) is 10.6. The second kappa shape index (κ2) is 11.8. The van der Waals surface area contributed by atoms with Crippen LogP contribution in [0.4, 0.5) is 0 Å². The van der Waals surface area contributed by atoms with Crippen LogP contribution in [0.15, 0.2) is 42.0 Å². The Morgan fingerprint density at radius 3 is 2.42 bits per heavy atom. The second-order valence-electron chi connectivity index (χ2n) is 6.10. The molecule has 0 saturated carbocycles. The van der Waals surface area contributed by atoms with E-state index in [2.05, 4.69) is 10.1 Å². The number of benzene rings is 2. The van der Waals surface area contributed by atoms with Crippen LogP contribution < -0.4 is 19.5 Å². The Kier molecular flexibility index (Phi) is 9.14. The van der Waals surface area contributed by atoms with Crippen molar-refractivity contribution in [2.24, 2.45) is 0 Å². The number of rotatable bonds is 9. The molecule has 0 fully saturated rings. The lowest BCUT2D eigenvalue weighted by Gasteiger charge is -2.13. The van der Waals surface area contributed by atoms with Gasteiger partial charge in [-0.3, -0.25) is 4.79 Å². The number of halogens is 1. The number of methoxy groups -OCH3 is 3. The van der Waals surface area contributed by atoms with Crippen LogP contribution in [0.25, 0.3) is 6.08 Å². The molecular weight excluding hydrogens is 515 g/mol. The van der Waals surface area contributed by atoms with Crippen LogP contribution in [0, 0.1) is 14.9 Å². The van der Waals surface area contributed by atoms with Crippen molar-refractivity contribution in [1.29, 1.82) is 5.26 Å². The number of nitrogens with zero attached hydrogens (tertiary/aromatic N) is 1. The standard InChI is InChI=1S/C22H21IN2O6/c1-28-17-6-4-14(5-7-17)12-25-22(27)16(11-24)8-15-9-18(23)21(19(10-15)29-2)31-13-20(26)30-3/h4-10H,12-13H2,1-3H3,(H,25,27)/b16-8-. The molecule has 162 valence electrons. The largest absolute Gasteiger partial charge is 0.497 e. The third-order valence-electron chi connectivity index (χ3n) is 4.10. The minimum absolute atomic E-state index is 0.0606. The molecular formula is C22H21IN2O6. The summed E-state index contributed by atoms with van der Waals surface area (Å²) in [7, 11) is 4.30. The van der Waals surface area contributed by atoms with E-state index in [-0.39, 0.29) is 18.7 Å². The van der Waals surface area contributed by atoms with E-state index in [0.29, 0.717) is 20.6 Å². The summed E-state index contributed by atoms with van der Waals surface area (Å²) in [5, 5.41) is 12.2. The van der Waals surface area contributed by atoms with Crippen molar-refractivity contribution in [3.05, 3.63) is 56.7 Å². The Balaban J connectivity index is 2.16. The number of carbonyl (C=O) groups is 2. The van der Waals surface area contributed by atoms with Gasteiger partial charge >= 0.3 is 5.97 Å². The highest BCUT2D eigenvalue weighted by Crippen LogP contribution is 2.34. The highest BCUT2D eigenvalue weighted by atomic mass is 127. The molecule has 1 N–H and O–H groups in total. The minimum Gasteiger partial charge on any atom is -0.497 e. The van der Waals surface area contributed by atoms with E-state index in [1.54, 1.807) is 31.4 Å². The number of carbonyl (C=O) groups excluding carboxylic acids is 2. The summed E-state index contributed by atoms with van der Waals surface area (Å²) in [6, 6.07) is 12.5. The van der Waals surface area contributed by atoms with Gasteiger partial charge in [-0.05, 0) is 64.1 Å². The highest BCUT2D eigenvalue weighted by Gasteiger charge is 2.15. The van der Waals surface area contributed by atoms with Gasteiger partial charge in [0.25, 0.3) is 5.91 Å². The van der Waals surface area contributed by atoms with Crippen LogP contribution in [0.3, 0.4) is 0 Å². The molecule has 1 amide bonds. The molecule has 8 nitrogen and oxygen atoms in total. The van der Waals surface area contributed by atoms with Gasteiger partial charge in [0.05, 0.1) is 24.9 Å². The summed E-state index contributed by atoms with van der Waals surface area (Å²) in [6.45, 7) is -0.00172. The van der Waals surface area contributed by atoms with E-state index in [0.717, 1.165) is 11.3 Å². The predicted molar refractivity (Wildman–Crippen MR) is 122 cm³/mol. The summed E-state index contributed by atoms with van der Waals surface area (Å²) in [4.78, 5) is 23.8. The lowest BCUT2D eigenvalue weighted by atomic mass is 10.1. The Labute approximate surface area is 193 Å². The van der Waals surface area contributed by atoms with Gasteiger partial charge in [0.1, 0.15) is 17.4 Å². The first-order chi connectivity index (χ1) is 14.9. The maximum absolute atomic E-state index is 12.5. The average molecular weight is 536 g/mol. The van der Waals surface area contributed by atoms with Crippen LogP contribution in [-0.4, -0.2) is 39.8 Å². The van der Waals surface area contributed by atoms with E-state index in [4.69, 9.17) is 14.2 Å². The average Bonchev–Trinajstić information content (AvgIpc) is 2.79. The van der Waals surface area contributed by atoms with Gasteiger partial charge in [-0.25, -0.2) is 4.79 Å². The van der Waals surface area contributed by atoms with Gasteiger partial charge in [-0.1, -0.05) is 12.1 Å². The monoisotopic (exact) mass is 536 g/mol. The first-order valence-electron chi connectivity index (χ1n) is 9.01. The fourth-order valence-electron chi connectivity index (χ4n) is 2.49. The van der Waals surface area contributed by atoms with Crippen LogP contribution >= 0.6 is 22.6 Å². The van der Waals surface area contributed by atoms with Crippen molar-refractivity contribution in [3.63, 3.8) is 0 Å². The summed E-state index contributed by atoms with van der Waals surface area (Å²) in [5.74, 6) is 0.418. The number of nitriles is 1. The van der Waals surface area contributed by atoms with Crippen molar-refractivity contribution >= 4 is 40.5 Å². The van der Waals surface area contributed by atoms with Gasteiger partial charge in [-0.2, -0.15) is 5.26 Å². The molecule has 0 heterocycles. The van der Waals surface area contributed by atoms with Crippen LogP contribution in [-0.2, 0) is 20.9 Å². The number of nitrogens with one attached hydrogen (secondary N) is 1. The number of hydrogen-bond acceptors (Lipinski definition) is 7. The molecule has 0 aromatic heterocycles. The van der Waals surface area contributed by atoms with Gasteiger partial charge in [-0.15, -0.1) is 0 Å². The van der Waals surface area contributed by atoms with Gasteiger partial charge in [0.2, 0.25) is 0 Å². The maximum atomic E-state index is 12.5. The van der Waals surface area contributed by atoms with Crippen LogP contribution in [0.5, 0.6) is 17.2 Å². The summed E-state index contributed by atoms with van der Waals surface area (Å²) in [6.07, 6.45) is 1.46. The Morgan fingerprint density at radius 2 is 1.84 bits per heavy atom. The zero-order valence-corrected chi connectivity index (χ0v) is 19.4. The van der Waals surface area contributed by atoms with Gasteiger partial charge < -0.3 is 24.3 Å². The Hall–Kier alpha value is -3.26. The molecule has 0 bridgehead atoms. The molecule has 0 aliphatic rings. The molecule has 0 spiro atoms. The molecule has 31 heavy (non-hydrogen) atoms. The lowest BCUT2D eigenvalue weighted by molar-refractivity contribution is -0.143. The predicted octanol–water partition coefficient (Wildman–Crippen LogP) is 3.08. The molecule has 0 atom stereocenters. The summed E-state index contributed by atoms with van der Waals surface area (Å²) >= 11 is 2.02. The Morgan fingerprint density at radius 1 is 1.13 bits per heavy atom. The topological polar surface area (TPSA) is 107 Å². The Bertz CT molecular complexity index is 1010.